The number of guanidine groups is 1. The first-order chi connectivity index (χ1) is 13.7. The van der Waals surface area contributed by atoms with Gasteiger partial charge in [0.2, 0.25) is 0 Å². The molecule has 0 aliphatic carbocycles. The molecule has 0 unspecified atom stereocenters. The fourth-order valence-corrected chi connectivity index (χ4v) is 3.27. The Kier molecular flexibility index (Phi) is 9.36. The lowest BCUT2D eigenvalue weighted by Crippen LogP contribution is -2.46. The molecular formula is C20H29IN6O2. The van der Waals surface area contributed by atoms with Gasteiger partial charge in [0.1, 0.15) is 0 Å². The predicted octanol–water partition coefficient (Wildman–Crippen LogP) is 2.63. The normalized spacial score (nSPS) is 15.0. The van der Waals surface area contributed by atoms with Gasteiger partial charge in [-0.05, 0) is 50.5 Å². The molecule has 0 amide bonds. The van der Waals surface area contributed by atoms with Crippen LogP contribution in [-0.2, 0) is 16.1 Å². The number of hydrogen-bond donors (Lipinski definition) is 1. The smallest absolute Gasteiger partial charge is 0.309 e. The first-order valence-corrected chi connectivity index (χ1v) is 9.86. The van der Waals surface area contributed by atoms with E-state index in [1.807, 2.05) is 31.3 Å². The molecule has 1 N–H and O–H groups in total. The van der Waals surface area contributed by atoms with Gasteiger partial charge >= 0.3 is 5.97 Å². The summed E-state index contributed by atoms with van der Waals surface area (Å²) in [5.41, 5.74) is 1.07. The molecule has 1 aliphatic rings. The summed E-state index contributed by atoms with van der Waals surface area (Å²) >= 11 is 0. The SMILES string of the molecule is CCNC(=NCc1ccnc(-n2cccn2)c1)N1CCC(C(=O)OCC)CC1.I. The van der Waals surface area contributed by atoms with E-state index in [2.05, 4.69) is 27.2 Å². The zero-order chi connectivity index (χ0) is 19.8. The number of piperidine rings is 1. The maximum absolute atomic E-state index is 11.9. The molecule has 3 rings (SSSR count). The number of carbonyl (C=O) groups excluding carboxylic acids is 1. The Hall–Kier alpha value is -2.17. The standard InChI is InChI=1S/C20H28N6O2.HI/c1-3-21-20(25-12-7-17(8-13-25)19(27)28-4-2)23-15-16-6-10-22-18(14-16)26-11-5-9-24-26;/h5-6,9-11,14,17H,3-4,7-8,12-13,15H2,1-2H3,(H,21,23);1H. The fraction of sp³-hybridized carbons (Fsp3) is 0.500. The second-order valence-corrected chi connectivity index (χ2v) is 6.66. The molecule has 1 fully saturated rings. The van der Waals surface area contributed by atoms with Crippen LogP contribution in [0.5, 0.6) is 0 Å². The Morgan fingerprint density at radius 1 is 1.31 bits per heavy atom. The van der Waals surface area contributed by atoms with E-state index in [9.17, 15) is 4.79 Å². The van der Waals surface area contributed by atoms with Crippen LogP contribution in [0, 0.1) is 5.92 Å². The lowest BCUT2D eigenvalue weighted by atomic mass is 9.97. The number of aromatic nitrogens is 3. The predicted molar refractivity (Wildman–Crippen MR) is 123 cm³/mol. The molecule has 0 saturated carbocycles. The maximum Gasteiger partial charge on any atom is 0.309 e. The Morgan fingerprint density at radius 3 is 2.76 bits per heavy atom. The third kappa shape index (κ3) is 6.41. The molecule has 0 radical (unpaired) electrons. The van der Waals surface area contributed by atoms with Gasteiger partial charge in [-0.1, -0.05) is 0 Å². The highest BCUT2D eigenvalue weighted by molar-refractivity contribution is 14.0. The summed E-state index contributed by atoms with van der Waals surface area (Å²) in [6.07, 6.45) is 6.96. The van der Waals surface area contributed by atoms with E-state index in [4.69, 9.17) is 9.73 Å². The van der Waals surface area contributed by atoms with E-state index in [-0.39, 0.29) is 35.9 Å². The van der Waals surface area contributed by atoms with Crippen molar-refractivity contribution in [2.24, 2.45) is 10.9 Å². The number of rotatable bonds is 6. The molecule has 29 heavy (non-hydrogen) atoms. The summed E-state index contributed by atoms with van der Waals surface area (Å²) in [4.78, 5) is 23.3. The van der Waals surface area contributed by atoms with Crippen LogP contribution >= 0.6 is 24.0 Å². The Morgan fingerprint density at radius 2 is 2.10 bits per heavy atom. The van der Waals surface area contributed by atoms with Crippen molar-refractivity contribution in [3.05, 3.63) is 42.4 Å². The van der Waals surface area contributed by atoms with E-state index in [1.165, 1.54) is 0 Å². The summed E-state index contributed by atoms with van der Waals surface area (Å²) in [7, 11) is 0. The van der Waals surface area contributed by atoms with Crippen molar-refractivity contribution >= 4 is 35.9 Å². The number of likely N-dealkylation sites (tertiary alicyclic amines) is 1. The van der Waals surface area contributed by atoms with Crippen LogP contribution in [0.4, 0.5) is 0 Å². The largest absolute Gasteiger partial charge is 0.466 e. The van der Waals surface area contributed by atoms with Gasteiger partial charge in [-0.3, -0.25) is 4.79 Å². The number of aliphatic imine (C=N–C) groups is 1. The van der Waals surface area contributed by atoms with Crippen molar-refractivity contribution in [3.8, 4) is 5.82 Å². The monoisotopic (exact) mass is 512 g/mol. The zero-order valence-corrected chi connectivity index (χ0v) is 19.3. The Bertz CT molecular complexity index is 788. The zero-order valence-electron chi connectivity index (χ0n) is 17.0. The minimum absolute atomic E-state index is 0. The molecule has 0 aromatic carbocycles. The highest BCUT2D eigenvalue weighted by atomic mass is 127. The average molecular weight is 512 g/mol. The third-order valence-electron chi connectivity index (χ3n) is 4.71. The number of carbonyl (C=O) groups is 1. The number of pyridine rings is 1. The molecule has 8 nitrogen and oxygen atoms in total. The summed E-state index contributed by atoms with van der Waals surface area (Å²) < 4.78 is 6.89. The lowest BCUT2D eigenvalue weighted by Gasteiger charge is -2.33. The van der Waals surface area contributed by atoms with Gasteiger partial charge in [0.15, 0.2) is 11.8 Å². The third-order valence-corrected chi connectivity index (χ3v) is 4.71. The Balaban J connectivity index is 0.00000300. The number of esters is 1. The molecule has 9 heteroatoms. The number of halogens is 1. The molecule has 2 aromatic heterocycles. The van der Waals surface area contributed by atoms with Crippen molar-refractivity contribution in [2.75, 3.05) is 26.2 Å². The second kappa shape index (κ2) is 11.7. The van der Waals surface area contributed by atoms with Crippen LogP contribution in [0.1, 0.15) is 32.3 Å². The van der Waals surface area contributed by atoms with Crippen LogP contribution in [0.3, 0.4) is 0 Å². The van der Waals surface area contributed by atoms with Gasteiger partial charge in [0.25, 0.3) is 0 Å². The van der Waals surface area contributed by atoms with Crippen molar-refractivity contribution in [2.45, 2.75) is 33.2 Å². The van der Waals surface area contributed by atoms with E-state index in [0.29, 0.717) is 13.2 Å². The van der Waals surface area contributed by atoms with Crippen LogP contribution in [0.25, 0.3) is 5.82 Å². The van der Waals surface area contributed by atoms with E-state index in [1.54, 1.807) is 17.1 Å². The highest BCUT2D eigenvalue weighted by Crippen LogP contribution is 2.19. The minimum Gasteiger partial charge on any atom is -0.466 e. The minimum atomic E-state index is -0.0768. The molecule has 0 spiro atoms. The van der Waals surface area contributed by atoms with E-state index in [0.717, 1.165) is 49.8 Å². The van der Waals surface area contributed by atoms with Crippen molar-refractivity contribution in [1.29, 1.82) is 0 Å². The molecule has 0 atom stereocenters. The van der Waals surface area contributed by atoms with Gasteiger partial charge in [-0.25, -0.2) is 14.7 Å². The molecule has 158 valence electrons. The van der Waals surface area contributed by atoms with Gasteiger partial charge in [-0.15, -0.1) is 24.0 Å². The van der Waals surface area contributed by atoms with Gasteiger partial charge in [0, 0.05) is 38.2 Å². The first-order valence-electron chi connectivity index (χ1n) is 9.86. The van der Waals surface area contributed by atoms with E-state index >= 15 is 0 Å². The number of ether oxygens (including phenoxy) is 1. The van der Waals surface area contributed by atoms with Crippen LogP contribution in [0.15, 0.2) is 41.8 Å². The quantitative estimate of drug-likeness (QED) is 0.277. The van der Waals surface area contributed by atoms with Gasteiger partial charge < -0.3 is 15.0 Å². The summed E-state index contributed by atoms with van der Waals surface area (Å²) in [5, 5.41) is 7.58. The van der Waals surface area contributed by atoms with Crippen molar-refractivity contribution in [3.63, 3.8) is 0 Å². The van der Waals surface area contributed by atoms with Crippen LogP contribution in [-0.4, -0.2) is 57.8 Å². The van der Waals surface area contributed by atoms with Crippen molar-refractivity contribution < 1.29 is 9.53 Å². The van der Waals surface area contributed by atoms with Crippen LogP contribution in [0.2, 0.25) is 0 Å². The fourth-order valence-electron chi connectivity index (χ4n) is 3.27. The molecule has 2 aromatic rings. The average Bonchev–Trinajstić information content (AvgIpc) is 3.27. The van der Waals surface area contributed by atoms with Gasteiger partial charge in [0.05, 0.1) is 19.1 Å². The summed E-state index contributed by atoms with van der Waals surface area (Å²) in [6, 6.07) is 5.83. The molecule has 3 heterocycles. The second-order valence-electron chi connectivity index (χ2n) is 6.66. The van der Waals surface area contributed by atoms with Crippen molar-refractivity contribution in [1.82, 2.24) is 25.0 Å². The first kappa shape index (κ1) is 23.1. The highest BCUT2D eigenvalue weighted by Gasteiger charge is 2.27. The Labute approximate surface area is 188 Å². The molecule has 0 bridgehead atoms. The van der Waals surface area contributed by atoms with E-state index < -0.39 is 0 Å². The number of hydrogen-bond acceptors (Lipinski definition) is 5. The molecular weight excluding hydrogens is 483 g/mol. The van der Waals surface area contributed by atoms with Crippen LogP contribution < -0.4 is 5.32 Å². The molecule has 1 aliphatic heterocycles. The molecule has 1 saturated heterocycles. The number of nitrogens with one attached hydrogen (secondary N) is 1. The summed E-state index contributed by atoms with van der Waals surface area (Å²) in [6.45, 7) is 7.29. The van der Waals surface area contributed by atoms with Gasteiger partial charge in [-0.2, -0.15) is 5.10 Å². The lowest BCUT2D eigenvalue weighted by molar-refractivity contribution is -0.149. The maximum atomic E-state index is 11.9. The summed E-state index contributed by atoms with van der Waals surface area (Å²) in [5.74, 6) is 1.57. The number of nitrogens with zero attached hydrogens (tertiary/aromatic N) is 5. The topological polar surface area (TPSA) is 84.6 Å².